The fourth-order valence-electron chi connectivity index (χ4n) is 8.53. The second kappa shape index (κ2) is 12.6. The van der Waals surface area contributed by atoms with Crippen molar-refractivity contribution in [3.05, 3.63) is 204 Å². The number of hydrogen-bond donors (Lipinski definition) is 0. The Kier molecular flexibility index (Phi) is 7.09. The maximum absolute atomic E-state index is 6.65. The summed E-state index contributed by atoms with van der Waals surface area (Å²) in [4.78, 5) is 10.3. The monoisotopic (exact) mass is 747 g/mol. The van der Waals surface area contributed by atoms with Gasteiger partial charge < -0.3 is 19.3 Å². The normalized spacial score (nSPS) is 14.5. The summed E-state index contributed by atoms with van der Waals surface area (Å²) in [6, 6.07) is 64.1. The molecule has 57 heavy (non-hydrogen) atoms. The topological polar surface area (TPSA) is 56.9 Å². The summed E-state index contributed by atoms with van der Waals surface area (Å²) in [5.41, 5.74) is 10.3. The van der Waals surface area contributed by atoms with Crippen molar-refractivity contribution in [1.82, 2.24) is 4.57 Å². The Bertz CT molecular complexity index is 3450. The zero-order valence-electron chi connectivity index (χ0n) is 30.5. The van der Waals surface area contributed by atoms with Crippen molar-refractivity contribution in [3.8, 4) is 16.8 Å². The van der Waals surface area contributed by atoms with Crippen molar-refractivity contribution in [1.29, 1.82) is 0 Å². The number of aromatic nitrogens is 1. The van der Waals surface area contributed by atoms with Gasteiger partial charge in [-0.15, -0.1) is 11.3 Å². The number of thiophene rings is 1. The van der Waals surface area contributed by atoms with Crippen LogP contribution in [0.3, 0.4) is 0 Å². The number of fused-ring (bicyclic) bond motifs is 9. The number of nitrogens with zero attached hydrogens (tertiary/aromatic N) is 4. The van der Waals surface area contributed by atoms with Crippen LogP contribution in [-0.2, 0) is 0 Å². The van der Waals surface area contributed by atoms with Crippen molar-refractivity contribution in [3.63, 3.8) is 0 Å². The van der Waals surface area contributed by atoms with E-state index in [4.69, 9.17) is 19.7 Å². The lowest BCUT2D eigenvalue weighted by atomic mass is 10.0. The van der Waals surface area contributed by atoms with Crippen molar-refractivity contribution in [2.75, 3.05) is 0 Å². The molecular formula is C51H31N4OS-. The van der Waals surface area contributed by atoms with E-state index in [1.54, 1.807) is 11.3 Å². The first kappa shape index (κ1) is 32.0. The van der Waals surface area contributed by atoms with Gasteiger partial charge >= 0.3 is 0 Å². The lowest BCUT2D eigenvalue weighted by Gasteiger charge is -2.32. The average Bonchev–Trinajstić information content (AvgIpc) is 3.95. The van der Waals surface area contributed by atoms with Gasteiger partial charge in [-0.1, -0.05) is 121 Å². The van der Waals surface area contributed by atoms with E-state index >= 15 is 0 Å². The molecule has 268 valence electrons. The molecule has 12 rings (SSSR count). The van der Waals surface area contributed by atoms with Crippen LogP contribution in [0.1, 0.15) is 22.9 Å². The smallest absolute Gasteiger partial charge is 0.136 e. The fraction of sp³-hybridized carbons (Fsp3) is 0.0196. The maximum Gasteiger partial charge on any atom is 0.136 e. The third kappa shape index (κ3) is 5.15. The summed E-state index contributed by atoms with van der Waals surface area (Å²) in [5.74, 6) is 1.32. The Morgan fingerprint density at radius 3 is 2.00 bits per heavy atom. The van der Waals surface area contributed by atoms with Gasteiger partial charge in [0.15, 0.2) is 0 Å². The molecule has 0 N–H and O–H groups in total. The summed E-state index contributed by atoms with van der Waals surface area (Å²) in [6.07, 6.45) is -0.429. The second-order valence-corrected chi connectivity index (χ2v) is 15.6. The predicted molar refractivity (Wildman–Crippen MR) is 238 cm³/mol. The molecule has 0 amide bonds. The molecule has 0 fully saturated rings. The first-order valence-corrected chi connectivity index (χ1v) is 19.9. The van der Waals surface area contributed by atoms with E-state index in [0.717, 1.165) is 55.4 Å². The molecule has 0 saturated carbocycles. The van der Waals surface area contributed by atoms with E-state index in [1.807, 2.05) is 18.2 Å². The second-order valence-electron chi connectivity index (χ2n) is 14.5. The number of benzene rings is 8. The Morgan fingerprint density at radius 2 is 1.16 bits per heavy atom. The van der Waals surface area contributed by atoms with Gasteiger partial charge in [0.25, 0.3) is 0 Å². The largest absolute Gasteiger partial charge is 0.456 e. The highest BCUT2D eigenvalue weighted by Crippen LogP contribution is 2.40. The average molecular weight is 748 g/mol. The van der Waals surface area contributed by atoms with Gasteiger partial charge in [-0.3, -0.25) is 4.99 Å². The SMILES string of the molecule is c1ccc(C2N=C(c3cccc4sc5ccccc5c34)N=C(c3ccc4c(c3)oc3cc(-c5ccc6c(c5)c5ccccc5n6-c5ccccc5)ccc34)[N-]2)cc1. The van der Waals surface area contributed by atoms with Crippen molar-refractivity contribution >= 4 is 86.9 Å². The third-order valence-corrected chi connectivity index (χ3v) is 12.3. The molecule has 0 radical (unpaired) electrons. The first-order valence-electron chi connectivity index (χ1n) is 19.1. The van der Waals surface area contributed by atoms with E-state index in [1.165, 1.54) is 42.0 Å². The summed E-state index contributed by atoms with van der Waals surface area (Å²) in [7, 11) is 0. The van der Waals surface area contributed by atoms with Crippen LogP contribution in [0.2, 0.25) is 0 Å². The van der Waals surface area contributed by atoms with Crippen LogP contribution < -0.4 is 0 Å². The van der Waals surface area contributed by atoms with Gasteiger partial charge in [-0.25, -0.2) is 0 Å². The quantitative estimate of drug-likeness (QED) is 0.173. The molecule has 1 aliphatic rings. The lowest BCUT2D eigenvalue weighted by molar-refractivity contribution is 0.669. The Labute approximate surface area is 331 Å². The van der Waals surface area contributed by atoms with E-state index < -0.39 is 6.17 Å². The number of hydrogen-bond acceptors (Lipinski definition) is 4. The Morgan fingerprint density at radius 1 is 0.509 bits per heavy atom. The standard InChI is InChI=1S/C51H31N4OS/c1-3-12-31(13-4-1)49-52-50(54-51(53-49)40-18-11-21-47-48(40)39-17-8-10-20-46(39)57-47)34-23-26-38-37-25-22-33(29-44(37)56-45(38)30-34)32-24-27-43-41(28-32)36-16-7-9-19-42(36)55(43)35-14-5-2-6-15-35/h1-30,49H/q-1. The summed E-state index contributed by atoms with van der Waals surface area (Å²) in [5, 5.41) is 12.1. The molecule has 3 aromatic heterocycles. The molecule has 0 spiro atoms. The number of amidine groups is 2. The lowest BCUT2D eigenvalue weighted by Crippen LogP contribution is -2.16. The highest BCUT2D eigenvalue weighted by atomic mass is 32.1. The minimum Gasteiger partial charge on any atom is -0.456 e. The molecule has 6 heteroatoms. The molecule has 0 bridgehead atoms. The van der Waals surface area contributed by atoms with E-state index in [0.29, 0.717) is 11.7 Å². The number of aliphatic imine (C=N–C) groups is 2. The molecule has 0 aliphatic carbocycles. The van der Waals surface area contributed by atoms with E-state index in [-0.39, 0.29) is 0 Å². The number of furan rings is 1. The van der Waals surface area contributed by atoms with Gasteiger partial charge in [-0.05, 0) is 89.0 Å². The summed E-state index contributed by atoms with van der Waals surface area (Å²) >= 11 is 1.80. The Balaban J connectivity index is 0.954. The Hall–Kier alpha value is -7.28. The molecule has 11 aromatic rings. The zero-order valence-corrected chi connectivity index (χ0v) is 31.3. The number of para-hydroxylation sites is 2. The predicted octanol–water partition coefficient (Wildman–Crippen LogP) is 14.0. The molecule has 1 unspecified atom stereocenters. The molecule has 4 heterocycles. The van der Waals surface area contributed by atoms with Gasteiger partial charge in [0, 0.05) is 53.0 Å². The third-order valence-electron chi connectivity index (χ3n) is 11.2. The molecule has 1 atom stereocenters. The summed E-state index contributed by atoms with van der Waals surface area (Å²) in [6.45, 7) is 0. The van der Waals surface area contributed by atoms with Gasteiger partial charge in [0.05, 0.1) is 23.0 Å². The van der Waals surface area contributed by atoms with Crippen molar-refractivity contribution < 1.29 is 4.42 Å². The minimum atomic E-state index is -0.429. The van der Waals surface area contributed by atoms with E-state index in [2.05, 4.69) is 168 Å². The molecule has 1 aliphatic heterocycles. The van der Waals surface area contributed by atoms with Crippen molar-refractivity contribution in [2.24, 2.45) is 9.98 Å². The highest BCUT2D eigenvalue weighted by Gasteiger charge is 2.19. The summed E-state index contributed by atoms with van der Waals surface area (Å²) < 4.78 is 11.5. The molecule has 0 saturated heterocycles. The van der Waals surface area contributed by atoms with Crippen LogP contribution in [-0.4, -0.2) is 16.2 Å². The first-order chi connectivity index (χ1) is 28.2. The van der Waals surface area contributed by atoms with Crippen molar-refractivity contribution in [2.45, 2.75) is 6.17 Å². The van der Waals surface area contributed by atoms with Crippen LogP contribution in [0.25, 0.3) is 86.0 Å². The fourth-order valence-corrected chi connectivity index (χ4v) is 9.66. The highest BCUT2D eigenvalue weighted by molar-refractivity contribution is 7.25. The minimum absolute atomic E-state index is 0.429. The number of rotatable bonds is 5. The van der Waals surface area contributed by atoms with Gasteiger partial charge in [0.2, 0.25) is 0 Å². The van der Waals surface area contributed by atoms with Gasteiger partial charge in [0.1, 0.15) is 11.2 Å². The van der Waals surface area contributed by atoms with Gasteiger partial charge in [-0.2, -0.15) is 0 Å². The van der Waals surface area contributed by atoms with Crippen LogP contribution in [0, 0.1) is 0 Å². The zero-order chi connectivity index (χ0) is 37.5. The molecule has 5 nitrogen and oxygen atoms in total. The van der Waals surface area contributed by atoms with Crippen LogP contribution in [0.5, 0.6) is 0 Å². The van der Waals surface area contributed by atoms with E-state index in [9.17, 15) is 0 Å². The molecule has 8 aromatic carbocycles. The molecular weight excluding hydrogens is 717 g/mol. The van der Waals surface area contributed by atoms with Crippen LogP contribution in [0.4, 0.5) is 0 Å². The maximum atomic E-state index is 6.65. The van der Waals surface area contributed by atoms with Crippen LogP contribution in [0.15, 0.2) is 196 Å². The van der Waals surface area contributed by atoms with Crippen LogP contribution >= 0.6 is 11.3 Å².